The van der Waals surface area contributed by atoms with Crippen LogP contribution in [0.5, 0.6) is 0 Å². The molecule has 0 unspecified atom stereocenters. The zero-order valence-corrected chi connectivity index (χ0v) is 43.3. The van der Waals surface area contributed by atoms with Crippen molar-refractivity contribution in [1.82, 2.24) is 29.8 Å². The van der Waals surface area contributed by atoms with Gasteiger partial charge in [-0.05, 0) is 85.6 Å². The minimum Gasteiger partial charge on any atom is -0.342 e. The number of rotatable bonds is 14. The maximum atomic E-state index is 12.4. The Balaban J connectivity index is 0.000000288. The molecule has 0 aliphatic heterocycles. The van der Waals surface area contributed by atoms with Crippen molar-refractivity contribution in [1.29, 1.82) is 0 Å². The molecule has 26 nitrogen and oxygen atoms in total. The molecule has 0 spiro atoms. The van der Waals surface area contributed by atoms with Gasteiger partial charge in [0.05, 0.1) is 19.6 Å². The smallest absolute Gasteiger partial charge is 0.342 e. The average Bonchev–Trinajstić information content (AvgIpc) is 3.88. The zero-order valence-electron chi connectivity index (χ0n) is 33.8. The van der Waals surface area contributed by atoms with Gasteiger partial charge in [-0.25, -0.2) is 90.0 Å². The van der Waals surface area contributed by atoms with Crippen molar-refractivity contribution < 1.29 is 79.6 Å². The molecular formula is C32H30N12O14S8Zn. The molecule has 352 valence electrons. The zero-order chi connectivity index (χ0) is 48.9. The molecular weight excluding hydrogens is 1100 g/mol. The van der Waals surface area contributed by atoms with Gasteiger partial charge in [-0.1, -0.05) is 36.4 Å². The van der Waals surface area contributed by atoms with E-state index in [1.165, 1.54) is 48.5 Å². The number of anilines is 2. The first kappa shape index (κ1) is 54.0. The number of aryl methyl sites for hydroxylation is 2. The first-order valence-electron chi connectivity index (χ1n) is 17.2. The van der Waals surface area contributed by atoms with Gasteiger partial charge in [0.1, 0.15) is 0 Å². The molecule has 0 radical (unpaired) electrons. The fourth-order valence-electron chi connectivity index (χ4n) is 4.82. The molecule has 0 saturated heterocycles. The van der Waals surface area contributed by atoms with Crippen LogP contribution in [0.25, 0.3) is 9.44 Å². The number of aromatic nitrogens is 4. The Bertz CT molecular complexity index is 3270. The van der Waals surface area contributed by atoms with Crippen LogP contribution in [-0.4, -0.2) is 83.0 Å². The molecule has 0 bridgehead atoms. The molecule has 8 N–H and O–H groups in total. The number of urea groups is 2. The summed E-state index contributed by atoms with van der Waals surface area (Å²) in [6.07, 6.45) is 0. The predicted molar refractivity (Wildman–Crippen MR) is 237 cm³/mol. The molecule has 2 heterocycles. The molecule has 6 aromatic rings. The Labute approximate surface area is 403 Å². The van der Waals surface area contributed by atoms with Crippen LogP contribution in [0.15, 0.2) is 125 Å². The van der Waals surface area contributed by atoms with E-state index >= 15 is 0 Å². The molecule has 0 fully saturated rings. The van der Waals surface area contributed by atoms with E-state index in [0.29, 0.717) is 33.8 Å². The van der Waals surface area contributed by atoms with Crippen LogP contribution in [0.2, 0.25) is 0 Å². The first-order chi connectivity index (χ1) is 30.6. The van der Waals surface area contributed by atoms with E-state index in [1.54, 1.807) is 38.1 Å². The molecule has 0 atom stereocenters. The molecule has 67 heavy (non-hydrogen) atoms. The van der Waals surface area contributed by atoms with Crippen LogP contribution in [0, 0.1) is 13.8 Å². The third-order valence-corrected chi connectivity index (χ3v) is 17.7. The average molecular weight is 1130 g/mol. The largest absolute Gasteiger partial charge is 2.00 e. The van der Waals surface area contributed by atoms with Gasteiger partial charge in [-0.15, -0.1) is 22.7 Å². The van der Waals surface area contributed by atoms with E-state index in [9.17, 15) is 60.1 Å². The number of amides is 4. The SMILES string of the molecule is Cc1ccccc1S(=O)(=O)NC(=O)Nc1ccc(S(=O)(=O)[N-]c2nnc(S(N)(=O)=O)s2)cc1.Cc1ccccc1S(=O)(=O)NC(=O)Nc1ccc(S(=O)(=O)[N-]c2nnc(S(N)(=O)=O)s2)cc1.[Zn+2]. The number of sulfonamides is 6. The molecule has 0 aliphatic rings. The second kappa shape index (κ2) is 21.1. The maximum Gasteiger partial charge on any atom is 2.00 e. The van der Waals surface area contributed by atoms with Gasteiger partial charge in [0, 0.05) is 21.6 Å². The van der Waals surface area contributed by atoms with E-state index in [0.717, 1.165) is 24.3 Å². The van der Waals surface area contributed by atoms with Crippen LogP contribution in [-0.2, 0) is 79.6 Å². The number of benzene rings is 4. The van der Waals surface area contributed by atoms with Crippen molar-refractivity contribution in [2.45, 2.75) is 42.1 Å². The summed E-state index contributed by atoms with van der Waals surface area (Å²) in [5.74, 6) is 0. The summed E-state index contributed by atoms with van der Waals surface area (Å²) in [7, 11) is -25.1. The van der Waals surface area contributed by atoms with Crippen molar-refractivity contribution >= 4 is 117 Å². The van der Waals surface area contributed by atoms with Gasteiger partial charge in [0.2, 0.25) is 28.7 Å². The van der Waals surface area contributed by atoms with Crippen molar-refractivity contribution in [2.75, 3.05) is 10.6 Å². The summed E-state index contributed by atoms with van der Waals surface area (Å²) in [6.45, 7) is 3.16. The topological polar surface area (TPSA) is 419 Å². The summed E-state index contributed by atoms with van der Waals surface area (Å²) in [5.41, 5.74) is 1.09. The van der Waals surface area contributed by atoms with Crippen LogP contribution in [0.1, 0.15) is 11.1 Å². The normalized spacial score (nSPS) is 12.0. The second-order valence-electron chi connectivity index (χ2n) is 12.6. The summed E-state index contributed by atoms with van der Waals surface area (Å²) in [5, 5.41) is 26.7. The Morgan fingerprint density at radius 1 is 0.493 bits per heavy atom. The number of carbonyl (C=O) groups excluding carboxylic acids is 2. The van der Waals surface area contributed by atoms with Gasteiger partial charge >= 0.3 is 31.5 Å². The number of nitrogens with zero attached hydrogens (tertiary/aromatic N) is 6. The molecule has 35 heteroatoms. The molecule has 4 aromatic carbocycles. The monoisotopic (exact) mass is 1130 g/mol. The number of hydrogen-bond acceptors (Lipinski definition) is 20. The third-order valence-electron chi connectivity index (χ3n) is 7.72. The number of nitrogens with one attached hydrogen (secondary N) is 4. The Kier molecular flexibility index (Phi) is 17.0. The van der Waals surface area contributed by atoms with Gasteiger partial charge < -0.3 is 30.3 Å². The van der Waals surface area contributed by atoms with Crippen molar-refractivity contribution in [3.8, 4) is 0 Å². The summed E-state index contributed by atoms with van der Waals surface area (Å²) in [6, 6.07) is 19.3. The van der Waals surface area contributed by atoms with Crippen molar-refractivity contribution in [3.05, 3.63) is 118 Å². The van der Waals surface area contributed by atoms with E-state index in [1.807, 2.05) is 9.44 Å². The van der Waals surface area contributed by atoms with Crippen LogP contribution >= 0.6 is 22.7 Å². The molecule has 0 aliphatic carbocycles. The number of primary sulfonamides is 2. The minimum absolute atomic E-state index is 0. The summed E-state index contributed by atoms with van der Waals surface area (Å²) >= 11 is 0.748. The van der Waals surface area contributed by atoms with Crippen LogP contribution < -0.4 is 30.4 Å². The fourth-order valence-corrected chi connectivity index (χ4v) is 12.0. The number of nitrogens with two attached hydrogens (primary N) is 2. The molecule has 2 aromatic heterocycles. The first-order valence-corrected chi connectivity index (χ1v) is 27.8. The van der Waals surface area contributed by atoms with E-state index in [2.05, 4.69) is 40.5 Å². The van der Waals surface area contributed by atoms with E-state index < -0.39 is 91.1 Å². The molecule has 6 rings (SSSR count). The maximum absolute atomic E-state index is 12.4. The van der Waals surface area contributed by atoms with Crippen molar-refractivity contribution in [3.63, 3.8) is 0 Å². The third kappa shape index (κ3) is 14.7. The molecule has 4 amide bonds. The number of hydrogen-bond donors (Lipinski definition) is 6. The Morgan fingerprint density at radius 2 is 0.806 bits per heavy atom. The van der Waals surface area contributed by atoms with Crippen molar-refractivity contribution in [2.24, 2.45) is 10.3 Å². The van der Waals surface area contributed by atoms with Gasteiger partial charge in [0.15, 0.2) is 0 Å². The van der Waals surface area contributed by atoms with Gasteiger partial charge in [-0.3, -0.25) is 0 Å². The summed E-state index contributed by atoms with van der Waals surface area (Å²) < 4.78 is 153. The Morgan fingerprint density at radius 3 is 1.09 bits per heavy atom. The van der Waals surface area contributed by atoms with Gasteiger partial charge in [-0.2, -0.15) is 0 Å². The Hall–Kier alpha value is -5.62. The van der Waals surface area contributed by atoms with E-state index in [4.69, 9.17) is 10.3 Å². The second-order valence-corrected chi connectivity index (χ2v) is 24.5. The van der Waals surface area contributed by atoms with E-state index in [-0.39, 0.29) is 50.4 Å². The predicted octanol–water partition coefficient (Wildman–Crippen LogP) is 2.79. The molecule has 0 saturated carbocycles. The number of carbonyl (C=O) groups is 2. The summed E-state index contributed by atoms with van der Waals surface area (Å²) in [4.78, 5) is 23.5. The van der Waals surface area contributed by atoms with Crippen LogP contribution in [0.4, 0.5) is 31.2 Å². The van der Waals surface area contributed by atoms with Crippen LogP contribution in [0.3, 0.4) is 0 Å². The quantitative estimate of drug-likeness (QED) is 0.0854. The minimum atomic E-state index is -4.29. The van der Waals surface area contributed by atoms with Gasteiger partial charge in [0.25, 0.3) is 40.1 Å². The fraction of sp³-hybridized carbons (Fsp3) is 0.0625. The standard InChI is InChI=1S/2C16H16N6O7S4.Zn/c2*1-10-4-2-3-5-13(10)33(28,29)21-14(23)18-11-6-8-12(9-7-11)32(26,27)22-15-19-20-16(30-15)31(17,24)25;/h2*2-9H,1H3,(H5,17,18,19,21,22,23,24,25);/q;;+2/p-2.